The molecule has 2 heterocycles. The second kappa shape index (κ2) is 6.17. The van der Waals surface area contributed by atoms with E-state index in [1.165, 1.54) is 0 Å². The highest BCUT2D eigenvalue weighted by Crippen LogP contribution is 2.19. The maximum atomic E-state index is 12.1. The average molecular weight is 292 g/mol. The Balaban J connectivity index is 2.01. The average Bonchev–Trinajstić information content (AvgIpc) is 2.93. The first-order valence-corrected chi connectivity index (χ1v) is 7.55. The van der Waals surface area contributed by atoms with Crippen LogP contribution in [0.5, 0.6) is 0 Å². The molecule has 0 aliphatic heterocycles. The molecule has 1 atom stereocenters. The van der Waals surface area contributed by atoms with Gasteiger partial charge >= 0.3 is 0 Å². The largest absolute Gasteiger partial charge is 0.346 e. The van der Waals surface area contributed by atoms with Gasteiger partial charge in [0.25, 0.3) is 0 Å². The molecule has 5 nitrogen and oxygen atoms in total. The molecule has 20 heavy (non-hydrogen) atoms. The Morgan fingerprint density at radius 1 is 1.45 bits per heavy atom. The van der Waals surface area contributed by atoms with Crippen LogP contribution in [0.25, 0.3) is 0 Å². The standard InChI is InChI=1S/C14H20N4OS/c1-5-11(14-15-7-8(2)16-14)18-13(19)6-12-9(3)17-10(4)20-12/h7,11H,5-6H2,1-4H3,(H,15,16)(H,18,19)/t11-/m0/s1. The number of carbonyl (C=O) groups is 1. The summed E-state index contributed by atoms with van der Waals surface area (Å²) in [4.78, 5) is 25.0. The Labute approximate surface area is 122 Å². The fourth-order valence-electron chi connectivity index (χ4n) is 2.10. The fraction of sp³-hybridized carbons (Fsp3) is 0.500. The molecule has 0 saturated heterocycles. The highest BCUT2D eigenvalue weighted by molar-refractivity contribution is 7.11. The Morgan fingerprint density at radius 3 is 2.70 bits per heavy atom. The van der Waals surface area contributed by atoms with Crippen LogP contribution in [0, 0.1) is 20.8 Å². The van der Waals surface area contributed by atoms with Crippen LogP contribution in [-0.2, 0) is 11.2 Å². The van der Waals surface area contributed by atoms with Gasteiger partial charge in [0.15, 0.2) is 0 Å². The SMILES string of the molecule is CC[C@H](NC(=O)Cc1sc(C)nc1C)c1ncc(C)[nH]1. The molecule has 2 aromatic heterocycles. The van der Waals surface area contributed by atoms with Gasteiger partial charge in [-0.2, -0.15) is 0 Å². The summed E-state index contributed by atoms with van der Waals surface area (Å²) in [7, 11) is 0. The number of nitrogens with one attached hydrogen (secondary N) is 2. The van der Waals surface area contributed by atoms with Crippen LogP contribution in [-0.4, -0.2) is 20.9 Å². The van der Waals surface area contributed by atoms with Crippen molar-refractivity contribution in [2.75, 3.05) is 0 Å². The Bertz CT molecular complexity index is 602. The molecule has 0 unspecified atom stereocenters. The summed E-state index contributed by atoms with van der Waals surface area (Å²) in [6.07, 6.45) is 2.97. The Kier molecular flexibility index (Phi) is 4.54. The van der Waals surface area contributed by atoms with Crippen LogP contribution in [0.4, 0.5) is 0 Å². The van der Waals surface area contributed by atoms with Gasteiger partial charge in [0, 0.05) is 16.8 Å². The summed E-state index contributed by atoms with van der Waals surface area (Å²) in [5, 5.41) is 4.03. The van der Waals surface area contributed by atoms with Crippen LogP contribution in [0.2, 0.25) is 0 Å². The zero-order chi connectivity index (χ0) is 14.7. The van der Waals surface area contributed by atoms with E-state index in [0.717, 1.165) is 33.5 Å². The number of aromatic nitrogens is 3. The first-order chi connectivity index (χ1) is 9.49. The van der Waals surface area contributed by atoms with E-state index in [2.05, 4.69) is 20.3 Å². The molecule has 108 valence electrons. The van der Waals surface area contributed by atoms with Crippen LogP contribution >= 0.6 is 11.3 Å². The number of thiazole rings is 1. The number of aromatic amines is 1. The van der Waals surface area contributed by atoms with Crippen molar-refractivity contribution < 1.29 is 4.79 Å². The molecule has 0 saturated carbocycles. The van der Waals surface area contributed by atoms with Crippen molar-refractivity contribution in [3.05, 3.63) is 33.3 Å². The van der Waals surface area contributed by atoms with Crippen LogP contribution in [0.3, 0.4) is 0 Å². The molecule has 6 heteroatoms. The molecule has 2 aromatic rings. The number of nitrogens with zero attached hydrogens (tertiary/aromatic N) is 2. The molecule has 0 radical (unpaired) electrons. The summed E-state index contributed by atoms with van der Waals surface area (Å²) in [6.45, 7) is 7.89. The number of H-pyrrole nitrogens is 1. The quantitative estimate of drug-likeness (QED) is 0.890. The maximum absolute atomic E-state index is 12.1. The molecule has 2 N–H and O–H groups in total. The molecular weight excluding hydrogens is 272 g/mol. The summed E-state index contributed by atoms with van der Waals surface area (Å²) in [5.41, 5.74) is 1.95. The lowest BCUT2D eigenvalue weighted by molar-refractivity contribution is -0.121. The van der Waals surface area contributed by atoms with Crippen molar-refractivity contribution in [1.29, 1.82) is 0 Å². The van der Waals surface area contributed by atoms with Crippen molar-refractivity contribution in [2.24, 2.45) is 0 Å². The monoisotopic (exact) mass is 292 g/mol. The van der Waals surface area contributed by atoms with Crippen molar-refractivity contribution in [3.8, 4) is 0 Å². The minimum Gasteiger partial charge on any atom is -0.346 e. The molecule has 0 spiro atoms. The molecule has 2 rings (SSSR count). The number of amides is 1. The van der Waals surface area contributed by atoms with Gasteiger partial charge in [-0.15, -0.1) is 11.3 Å². The van der Waals surface area contributed by atoms with Crippen molar-refractivity contribution >= 4 is 17.2 Å². The third-order valence-electron chi connectivity index (χ3n) is 3.12. The van der Waals surface area contributed by atoms with Gasteiger partial charge in [-0.05, 0) is 27.2 Å². The van der Waals surface area contributed by atoms with E-state index in [1.807, 2.05) is 27.7 Å². The minimum atomic E-state index is -0.0643. The summed E-state index contributed by atoms with van der Waals surface area (Å²) >= 11 is 1.58. The Morgan fingerprint density at radius 2 is 2.20 bits per heavy atom. The smallest absolute Gasteiger partial charge is 0.225 e. The lowest BCUT2D eigenvalue weighted by Gasteiger charge is -2.14. The van der Waals surface area contributed by atoms with Crippen molar-refractivity contribution in [1.82, 2.24) is 20.3 Å². The minimum absolute atomic E-state index is 0.0117. The number of hydrogen-bond acceptors (Lipinski definition) is 4. The van der Waals surface area contributed by atoms with Gasteiger partial charge in [-0.1, -0.05) is 6.92 Å². The van der Waals surface area contributed by atoms with Gasteiger partial charge in [0.2, 0.25) is 5.91 Å². The third kappa shape index (κ3) is 3.45. The second-order valence-electron chi connectivity index (χ2n) is 4.90. The summed E-state index contributed by atoms with van der Waals surface area (Å²) in [5.74, 6) is 0.827. The van der Waals surface area contributed by atoms with Gasteiger partial charge in [-0.3, -0.25) is 4.79 Å². The number of rotatable bonds is 5. The van der Waals surface area contributed by atoms with Crippen LogP contribution < -0.4 is 5.32 Å². The van der Waals surface area contributed by atoms with E-state index in [9.17, 15) is 4.79 Å². The summed E-state index contributed by atoms with van der Waals surface area (Å²) in [6, 6.07) is -0.0643. The van der Waals surface area contributed by atoms with Crippen LogP contribution in [0.15, 0.2) is 6.20 Å². The van der Waals surface area contributed by atoms with Gasteiger partial charge in [0.05, 0.1) is 23.2 Å². The molecule has 0 aliphatic rings. The lowest BCUT2D eigenvalue weighted by Crippen LogP contribution is -2.30. The third-order valence-corrected chi connectivity index (χ3v) is 4.19. The van der Waals surface area contributed by atoms with E-state index in [-0.39, 0.29) is 11.9 Å². The number of hydrogen-bond donors (Lipinski definition) is 2. The first kappa shape index (κ1) is 14.7. The topological polar surface area (TPSA) is 70.7 Å². The molecular formula is C14H20N4OS. The van der Waals surface area contributed by atoms with E-state index in [4.69, 9.17) is 0 Å². The van der Waals surface area contributed by atoms with E-state index < -0.39 is 0 Å². The second-order valence-corrected chi connectivity index (χ2v) is 6.19. The fourth-order valence-corrected chi connectivity index (χ4v) is 3.04. The molecule has 0 aliphatic carbocycles. The summed E-state index contributed by atoms with van der Waals surface area (Å²) < 4.78 is 0. The molecule has 0 aromatic carbocycles. The molecule has 1 amide bonds. The lowest BCUT2D eigenvalue weighted by atomic mass is 10.2. The van der Waals surface area contributed by atoms with Crippen molar-refractivity contribution in [3.63, 3.8) is 0 Å². The van der Waals surface area contributed by atoms with Crippen molar-refractivity contribution in [2.45, 2.75) is 46.6 Å². The zero-order valence-corrected chi connectivity index (χ0v) is 13.1. The highest BCUT2D eigenvalue weighted by atomic mass is 32.1. The highest BCUT2D eigenvalue weighted by Gasteiger charge is 2.17. The number of carbonyl (C=O) groups excluding carboxylic acids is 1. The predicted molar refractivity (Wildman–Crippen MR) is 79.8 cm³/mol. The normalized spacial score (nSPS) is 12.4. The zero-order valence-electron chi connectivity index (χ0n) is 12.3. The van der Waals surface area contributed by atoms with Crippen LogP contribution in [0.1, 0.15) is 46.5 Å². The first-order valence-electron chi connectivity index (χ1n) is 6.73. The predicted octanol–water partition coefficient (Wildman–Crippen LogP) is 2.60. The van der Waals surface area contributed by atoms with E-state index in [0.29, 0.717) is 6.42 Å². The van der Waals surface area contributed by atoms with Gasteiger partial charge in [-0.25, -0.2) is 9.97 Å². The number of imidazole rings is 1. The van der Waals surface area contributed by atoms with Gasteiger partial charge in [0.1, 0.15) is 5.82 Å². The van der Waals surface area contributed by atoms with E-state index >= 15 is 0 Å². The van der Waals surface area contributed by atoms with Gasteiger partial charge < -0.3 is 10.3 Å². The molecule has 0 bridgehead atoms. The Hall–Kier alpha value is -1.69. The molecule has 0 fully saturated rings. The van der Waals surface area contributed by atoms with E-state index in [1.54, 1.807) is 17.5 Å². The maximum Gasteiger partial charge on any atom is 0.225 e. The number of aryl methyl sites for hydroxylation is 3.